The number of carbonyl (C=O) groups excluding carboxylic acids is 1. The van der Waals surface area contributed by atoms with Crippen molar-refractivity contribution in [3.05, 3.63) is 3.92 Å². The predicted octanol–water partition coefficient (Wildman–Crippen LogP) is 4.68. The van der Waals surface area contributed by atoms with Crippen LogP contribution < -0.4 is 4.74 Å². The quantitative estimate of drug-likeness (QED) is 0.687. The van der Waals surface area contributed by atoms with Gasteiger partial charge in [0.15, 0.2) is 13.6 Å². The number of nitrogens with zero attached hydrogens (tertiary/aromatic N) is 3. The van der Waals surface area contributed by atoms with Crippen LogP contribution in [-0.2, 0) is 4.74 Å². The van der Waals surface area contributed by atoms with Crippen LogP contribution in [0.1, 0.15) is 40.5 Å². The van der Waals surface area contributed by atoms with Gasteiger partial charge in [0.25, 0.3) is 5.19 Å². The molecule has 0 unspecified atom stereocenters. The fraction of sp³-hybridized carbons (Fsp3) is 0.667. The van der Waals surface area contributed by atoms with E-state index in [2.05, 4.69) is 25.9 Å². The highest BCUT2D eigenvalue weighted by atomic mass is 79.9. The van der Waals surface area contributed by atoms with Crippen LogP contribution in [0.4, 0.5) is 4.79 Å². The number of halogens is 1. The second-order valence-corrected chi connectivity index (χ2v) is 10.0. The van der Waals surface area contributed by atoms with Crippen molar-refractivity contribution in [1.82, 2.24) is 14.9 Å². The Labute approximate surface area is 157 Å². The average molecular weight is 434 g/mol. The Hall–Kier alpha value is -0.930. The van der Waals surface area contributed by atoms with E-state index in [0.717, 1.165) is 26.4 Å². The van der Waals surface area contributed by atoms with Crippen LogP contribution in [0.3, 0.4) is 0 Å². The van der Waals surface area contributed by atoms with Crippen molar-refractivity contribution in [3.63, 3.8) is 0 Å². The van der Waals surface area contributed by atoms with E-state index in [4.69, 9.17) is 9.47 Å². The molecular weight excluding hydrogens is 414 g/mol. The van der Waals surface area contributed by atoms with Crippen molar-refractivity contribution in [1.29, 1.82) is 0 Å². The standard InChI is InChI=1S/C15H20BrN3O3S2/c1-8-7-9(5-6-19(8)14(20)22-15(2,3)4)21-13-18-11-10(24-13)17-12(16)23-11/h8-9H,5-7H2,1-4H3/t8-,9+/m0/s1. The molecule has 0 bridgehead atoms. The van der Waals surface area contributed by atoms with Gasteiger partial charge in [-0.05, 0) is 43.6 Å². The summed E-state index contributed by atoms with van der Waals surface area (Å²) in [6, 6.07) is 0.0759. The number of fused-ring (bicyclic) bond motifs is 1. The maximum Gasteiger partial charge on any atom is 0.410 e. The van der Waals surface area contributed by atoms with Crippen LogP contribution in [0.5, 0.6) is 5.19 Å². The molecule has 0 aliphatic carbocycles. The van der Waals surface area contributed by atoms with Gasteiger partial charge in [0.05, 0.1) is 0 Å². The molecule has 1 fully saturated rings. The van der Waals surface area contributed by atoms with Crippen LogP contribution in [-0.4, -0.2) is 45.3 Å². The minimum absolute atomic E-state index is 0.0578. The monoisotopic (exact) mass is 433 g/mol. The van der Waals surface area contributed by atoms with Crippen LogP contribution in [0, 0.1) is 0 Å². The zero-order valence-electron chi connectivity index (χ0n) is 14.0. The molecule has 2 aromatic rings. The number of piperidine rings is 1. The van der Waals surface area contributed by atoms with Gasteiger partial charge in [-0.25, -0.2) is 9.78 Å². The summed E-state index contributed by atoms with van der Waals surface area (Å²) in [5.41, 5.74) is -0.474. The van der Waals surface area contributed by atoms with E-state index in [-0.39, 0.29) is 18.2 Å². The van der Waals surface area contributed by atoms with Crippen LogP contribution in [0.2, 0.25) is 0 Å². The van der Waals surface area contributed by atoms with E-state index in [1.165, 1.54) is 22.7 Å². The third-order valence-corrected chi connectivity index (χ3v) is 6.02. The molecule has 0 spiro atoms. The summed E-state index contributed by atoms with van der Waals surface area (Å²) in [5.74, 6) is 0. The smallest absolute Gasteiger partial charge is 0.410 e. The van der Waals surface area contributed by atoms with Gasteiger partial charge in [-0.3, -0.25) is 0 Å². The van der Waals surface area contributed by atoms with E-state index in [0.29, 0.717) is 11.7 Å². The summed E-state index contributed by atoms with van der Waals surface area (Å²) < 4.78 is 12.3. The van der Waals surface area contributed by atoms with Crippen molar-refractivity contribution >= 4 is 54.4 Å². The molecule has 3 heterocycles. The number of thiazole rings is 2. The van der Waals surface area contributed by atoms with Crippen molar-refractivity contribution in [2.24, 2.45) is 0 Å². The molecule has 3 rings (SSSR count). The molecule has 1 saturated heterocycles. The Morgan fingerprint density at radius 1 is 1.29 bits per heavy atom. The Morgan fingerprint density at radius 3 is 2.62 bits per heavy atom. The molecule has 132 valence electrons. The van der Waals surface area contributed by atoms with E-state index >= 15 is 0 Å². The second kappa shape index (κ2) is 6.76. The second-order valence-electron chi connectivity index (χ2n) is 6.84. The van der Waals surface area contributed by atoms with E-state index < -0.39 is 5.60 Å². The first-order chi connectivity index (χ1) is 11.2. The van der Waals surface area contributed by atoms with Gasteiger partial charge in [0.1, 0.15) is 11.7 Å². The fourth-order valence-electron chi connectivity index (χ4n) is 2.62. The molecule has 0 N–H and O–H groups in total. The Balaban J connectivity index is 1.58. The van der Waals surface area contributed by atoms with E-state index in [9.17, 15) is 4.79 Å². The molecule has 1 amide bonds. The van der Waals surface area contributed by atoms with E-state index in [1.807, 2.05) is 27.7 Å². The largest absolute Gasteiger partial charge is 0.466 e. The lowest BCUT2D eigenvalue weighted by atomic mass is 10.0. The third kappa shape index (κ3) is 4.18. The molecular formula is C15H20BrN3O3S2. The number of amides is 1. The molecule has 1 aliphatic rings. The highest BCUT2D eigenvalue weighted by Gasteiger charge is 2.33. The molecule has 0 aromatic carbocycles. The van der Waals surface area contributed by atoms with Gasteiger partial charge in [-0.15, -0.1) is 0 Å². The third-order valence-electron chi connectivity index (χ3n) is 3.65. The summed E-state index contributed by atoms with van der Waals surface area (Å²) in [7, 11) is 0. The first-order valence-electron chi connectivity index (χ1n) is 7.80. The number of rotatable bonds is 2. The molecule has 0 radical (unpaired) electrons. The number of hydrogen-bond donors (Lipinski definition) is 0. The van der Waals surface area contributed by atoms with Crippen LogP contribution >= 0.6 is 38.6 Å². The Morgan fingerprint density at radius 2 is 2.00 bits per heavy atom. The van der Waals surface area contributed by atoms with Crippen molar-refractivity contribution in [2.45, 2.75) is 58.3 Å². The van der Waals surface area contributed by atoms with Gasteiger partial charge < -0.3 is 14.4 Å². The van der Waals surface area contributed by atoms with Crippen LogP contribution in [0.15, 0.2) is 3.92 Å². The SMILES string of the molecule is C[C@H]1C[C@H](Oc2nc3sc(Br)nc3s2)CCN1C(=O)OC(C)(C)C. The average Bonchev–Trinajstić information content (AvgIpc) is 2.93. The lowest BCUT2D eigenvalue weighted by Crippen LogP contribution is -2.49. The number of carbonyl (C=O) groups is 1. The van der Waals surface area contributed by atoms with Crippen molar-refractivity contribution < 1.29 is 14.3 Å². The molecule has 24 heavy (non-hydrogen) atoms. The first kappa shape index (κ1) is 17.9. The lowest BCUT2D eigenvalue weighted by Gasteiger charge is -2.37. The van der Waals surface area contributed by atoms with E-state index in [1.54, 1.807) is 4.90 Å². The van der Waals surface area contributed by atoms with Crippen LogP contribution in [0.25, 0.3) is 9.66 Å². The summed E-state index contributed by atoms with van der Waals surface area (Å²) in [6.45, 7) is 8.30. The topological polar surface area (TPSA) is 64.6 Å². The lowest BCUT2D eigenvalue weighted by molar-refractivity contribution is -0.00102. The number of aromatic nitrogens is 2. The maximum absolute atomic E-state index is 12.2. The van der Waals surface area contributed by atoms with Crippen molar-refractivity contribution in [3.8, 4) is 5.19 Å². The summed E-state index contributed by atoms with van der Waals surface area (Å²) in [5, 5.41) is 0.652. The molecule has 6 nitrogen and oxygen atoms in total. The highest BCUT2D eigenvalue weighted by molar-refractivity contribution is 9.11. The number of likely N-dealkylation sites (tertiary alicyclic amines) is 1. The number of ether oxygens (including phenoxy) is 2. The predicted molar refractivity (Wildman–Crippen MR) is 99.0 cm³/mol. The van der Waals surface area contributed by atoms with Gasteiger partial charge in [0, 0.05) is 25.4 Å². The normalized spacial score (nSPS) is 22.0. The van der Waals surface area contributed by atoms with Gasteiger partial charge in [-0.2, -0.15) is 4.98 Å². The summed E-state index contributed by atoms with van der Waals surface area (Å²) in [4.78, 5) is 24.6. The molecule has 2 atom stereocenters. The molecule has 0 saturated carbocycles. The van der Waals surface area contributed by atoms with Gasteiger partial charge in [-0.1, -0.05) is 22.7 Å². The zero-order valence-corrected chi connectivity index (χ0v) is 17.3. The molecule has 9 heteroatoms. The highest BCUT2D eigenvalue weighted by Crippen LogP contribution is 2.35. The van der Waals surface area contributed by atoms with Crippen molar-refractivity contribution in [2.75, 3.05) is 6.54 Å². The maximum atomic E-state index is 12.2. The first-order valence-corrected chi connectivity index (χ1v) is 10.2. The number of hydrogen-bond acceptors (Lipinski definition) is 7. The van der Waals surface area contributed by atoms with Gasteiger partial charge in [0.2, 0.25) is 0 Å². The minimum Gasteiger partial charge on any atom is -0.466 e. The zero-order chi connectivity index (χ0) is 17.5. The Kier molecular flexibility index (Phi) is 5.04. The summed E-state index contributed by atoms with van der Waals surface area (Å²) in [6.07, 6.45) is 1.34. The summed E-state index contributed by atoms with van der Waals surface area (Å²) >= 11 is 6.32. The minimum atomic E-state index is -0.474. The van der Waals surface area contributed by atoms with Gasteiger partial charge >= 0.3 is 6.09 Å². The fourth-order valence-corrected chi connectivity index (χ4v) is 5.05. The Bertz CT molecular complexity index is 708. The molecule has 1 aliphatic heterocycles. The molecule has 2 aromatic heterocycles.